The first-order chi connectivity index (χ1) is 13.6. The molecule has 1 aromatic carbocycles. The highest BCUT2D eigenvalue weighted by molar-refractivity contribution is 6.30. The van der Waals surface area contributed by atoms with Crippen LogP contribution in [-0.4, -0.2) is 46.1 Å². The molecule has 1 aliphatic rings. The van der Waals surface area contributed by atoms with Gasteiger partial charge >= 0.3 is 6.01 Å². The number of pyridine rings is 1. The highest BCUT2D eigenvalue weighted by Crippen LogP contribution is 2.29. The summed E-state index contributed by atoms with van der Waals surface area (Å²) in [4.78, 5) is 14.6. The molecular formula is C20H20ClFN4O2. The van der Waals surface area contributed by atoms with Crippen LogP contribution < -0.4 is 9.47 Å². The van der Waals surface area contributed by atoms with Gasteiger partial charge < -0.3 is 14.4 Å². The van der Waals surface area contributed by atoms with E-state index < -0.39 is 5.82 Å². The summed E-state index contributed by atoms with van der Waals surface area (Å²) in [7, 11) is 2.06. The lowest BCUT2D eigenvalue weighted by Crippen LogP contribution is -2.30. The normalized spacial score (nSPS) is 17.2. The molecule has 28 heavy (non-hydrogen) atoms. The summed E-state index contributed by atoms with van der Waals surface area (Å²) in [5, 5.41) is 0.102. The molecule has 1 aliphatic heterocycles. The fourth-order valence-electron chi connectivity index (χ4n) is 3.25. The Bertz CT molecular complexity index is 973. The van der Waals surface area contributed by atoms with E-state index in [-0.39, 0.29) is 29.2 Å². The van der Waals surface area contributed by atoms with Gasteiger partial charge in [0, 0.05) is 12.2 Å². The molecule has 3 heterocycles. The predicted molar refractivity (Wildman–Crippen MR) is 104 cm³/mol. The first kappa shape index (κ1) is 18.8. The van der Waals surface area contributed by atoms with Crippen molar-refractivity contribution in [3.05, 3.63) is 53.1 Å². The number of likely N-dealkylation sites (tertiary alicyclic amines) is 1. The smallest absolute Gasteiger partial charge is 0.320 e. The van der Waals surface area contributed by atoms with Crippen LogP contribution in [0.5, 0.6) is 11.9 Å². The zero-order chi connectivity index (χ0) is 19.5. The molecule has 0 aliphatic carbocycles. The van der Waals surface area contributed by atoms with E-state index in [1.807, 2.05) is 30.3 Å². The maximum Gasteiger partial charge on any atom is 0.320 e. The second-order valence-corrected chi connectivity index (χ2v) is 7.16. The van der Waals surface area contributed by atoms with Crippen LogP contribution in [0.2, 0.25) is 5.15 Å². The number of ether oxygens (including phenoxy) is 2. The van der Waals surface area contributed by atoms with Crippen molar-refractivity contribution >= 4 is 22.5 Å². The van der Waals surface area contributed by atoms with Crippen molar-refractivity contribution in [3.8, 4) is 11.9 Å². The van der Waals surface area contributed by atoms with Gasteiger partial charge in [0.15, 0.2) is 11.0 Å². The minimum absolute atomic E-state index is 0.0350. The Balaban J connectivity index is 1.62. The van der Waals surface area contributed by atoms with Crippen LogP contribution in [0.25, 0.3) is 10.9 Å². The SMILES string of the molecule is CN1CCC[C@H]1COc1nc(OCc2ccccc2)c2cnc(Cl)c(F)c2n1. The quantitative estimate of drug-likeness (QED) is 0.583. The van der Waals surface area contributed by atoms with Crippen molar-refractivity contribution < 1.29 is 13.9 Å². The van der Waals surface area contributed by atoms with Crippen LogP contribution in [0.3, 0.4) is 0 Å². The van der Waals surface area contributed by atoms with E-state index >= 15 is 0 Å². The molecule has 0 amide bonds. The van der Waals surface area contributed by atoms with Gasteiger partial charge in [-0.05, 0) is 32.0 Å². The average molecular weight is 403 g/mol. The molecule has 0 radical (unpaired) electrons. The largest absolute Gasteiger partial charge is 0.472 e. The molecular weight excluding hydrogens is 383 g/mol. The molecule has 8 heteroatoms. The minimum atomic E-state index is -0.714. The summed E-state index contributed by atoms with van der Waals surface area (Å²) in [6, 6.07) is 10.0. The molecule has 0 N–H and O–H groups in total. The lowest BCUT2D eigenvalue weighted by Gasteiger charge is -2.19. The summed E-state index contributed by atoms with van der Waals surface area (Å²) in [5.41, 5.74) is 1.000. The van der Waals surface area contributed by atoms with Gasteiger partial charge in [0.25, 0.3) is 0 Å². The van der Waals surface area contributed by atoms with Gasteiger partial charge in [-0.3, -0.25) is 0 Å². The van der Waals surface area contributed by atoms with Gasteiger partial charge in [-0.1, -0.05) is 41.9 Å². The Morgan fingerprint density at radius 3 is 2.79 bits per heavy atom. The van der Waals surface area contributed by atoms with Gasteiger partial charge in [0.1, 0.15) is 18.7 Å². The van der Waals surface area contributed by atoms with E-state index in [4.69, 9.17) is 21.1 Å². The van der Waals surface area contributed by atoms with Crippen LogP contribution in [0.4, 0.5) is 4.39 Å². The van der Waals surface area contributed by atoms with Crippen LogP contribution >= 0.6 is 11.6 Å². The van der Waals surface area contributed by atoms with Crippen LogP contribution in [0, 0.1) is 5.82 Å². The van der Waals surface area contributed by atoms with Crippen molar-refractivity contribution in [2.24, 2.45) is 0 Å². The monoisotopic (exact) mass is 402 g/mol. The van der Waals surface area contributed by atoms with E-state index in [0.29, 0.717) is 18.0 Å². The van der Waals surface area contributed by atoms with Crippen molar-refractivity contribution in [2.75, 3.05) is 20.2 Å². The van der Waals surface area contributed by atoms with Crippen molar-refractivity contribution in [3.63, 3.8) is 0 Å². The average Bonchev–Trinajstić information content (AvgIpc) is 3.13. The van der Waals surface area contributed by atoms with Gasteiger partial charge in [0.05, 0.1) is 5.39 Å². The Hall–Kier alpha value is -2.51. The summed E-state index contributed by atoms with van der Waals surface area (Å²) in [6.45, 7) is 1.75. The van der Waals surface area contributed by atoms with Crippen molar-refractivity contribution in [2.45, 2.75) is 25.5 Å². The topological polar surface area (TPSA) is 60.4 Å². The third kappa shape index (κ3) is 4.00. The maximum atomic E-state index is 14.5. The number of aromatic nitrogens is 3. The Morgan fingerprint density at radius 2 is 2.04 bits per heavy atom. The molecule has 1 fully saturated rings. The van der Waals surface area contributed by atoms with E-state index in [1.54, 1.807) is 0 Å². The van der Waals surface area contributed by atoms with Gasteiger partial charge in [-0.2, -0.15) is 9.97 Å². The summed E-state index contributed by atoms with van der Waals surface area (Å²) >= 11 is 5.83. The molecule has 2 aromatic heterocycles. The molecule has 3 aromatic rings. The second-order valence-electron chi connectivity index (χ2n) is 6.80. The van der Waals surface area contributed by atoms with E-state index in [9.17, 15) is 4.39 Å². The van der Waals surface area contributed by atoms with Crippen LogP contribution in [-0.2, 0) is 6.61 Å². The Morgan fingerprint density at radius 1 is 1.21 bits per heavy atom. The first-order valence-electron chi connectivity index (χ1n) is 9.13. The van der Waals surface area contributed by atoms with E-state index in [0.717, 1.165) is 24.9 Å². The number of hydrogen-bond acceptors (Lipinski definition) is 6. The fraction of sp³-hybridized carbons (Fsp3) is 0.350. The fourth-order valence-corrected chi connectivity index (χ4v) is 3.39. The molecule has 0 unspecified atom stereocenters. The zero-order valence-corrected chi connectivity index (χ0v) is 16.2. The summed E-state index contributed by atoms with van der Waals surface area (Å²) in [5.74, 6) is -0.499. The zero-order valence-electron chi connectivity index (χ0n) is 15.4. The molecule has 146 valence electrons. The molecule has 1 atom stereocenters. The van der Waals surface area contributed by atoms with Crippen LogP contribution in [0.1, 0.15) is 18.4 Å². The number of nitrogens with zero attached hydrogens (tertiary/aromatic N) is 4. The third-order valence-electron chi connectivity index (χ3n) is 4.88. The Kier molecular flexibility index (Phi) is 5.54. The standard InChI is InChI=1S/C20H20ClFN4O2/c1-26-9-5-8-14(26)12-28-20-24-17-15(10-23-18(21)16(17)22)19(25-20)27-11-13-6-3-2-4-7-13/h2-4,6-7,10,14H,5,8-9,11-12H2,1H3/t14-/m0/s1. The van der Waals surface area contributed by atoms with Gasteiger partial charge in [0.2, 0.25) is 5.88 Å². The second kappa shape index (κ2) is 8.24. The highest BCUT2D eigenvalue weighted by Gasteiger charge is 2.23. The molecule has 4 rings (SSSR count). The minimum Gasteiger partial charge on any atom is -0.472 e. The van der Waals surface area contributed by atoms with E-state index in [1.165, 1.54) is 6.20 Å². The number of rotatable bonds is 6. The van der Waals surface area contributed by atoms with Gasteiger partial charge in [-0.25, -0.2) is 9.37 Å². The lowest BCUT2D eigenvalue weighted by atomic mass is 10.2. The lowest BCUT2D eigenvalue weighted by molar-refractivity contribution is 0.185. The molecule has 0 bridgehead atoms. The number of halogens is 2. The third-order valence-corrected chi connectivity index (χ3v) is 5.14. The predicted octanol–water partition coefficient (Wildman–Crippen LogP) is 3.87. The van der Waals surface area contributed by atoms with E-state index in [2.05, 4.69) is 26.9 Å². The summed E-state index contributed by atoms with van der Waals surface area (Å²) < 4.78 is 26.1. The molecule has 6 nitrogen and oxygen atoms in total. The maximum absolute atomic E-state index is 14.5. The highest BCUT2D eigenvalue weighted by atomic mass is 35.5. The first-order valence-corrected chi connectivity index (χ1v) is 9.51. The Labute approximate surface area is 167 Å². The van der Waals surface area contributed by atoms with Crippen molar-refractivity contribution in [1.29, 1.82) is 0 Å². The van der Waals surface area contributed by atoms with Crippen molar-refractivity contribution in [1.82, 2.24) is 19.9 Å². The van der Waals surface area contributed by atoms with Gasteiger partial charge in [-0.15, -0.1) is 0 Å². The van der Waals surface area contributed by atoms with Crippen LogP contribution in [0.15, 0.2) is 36.5 Å². The number of benzene rings is 1. The number of likely N-dealkylation sites (N-methyl/N-ethyl adjacent to an activating group) is 1. The number of fused-ring (bicyclic) bond motifs is 1. The molecule has 0 spiro atoms. The molecule has 1 saturated heterocycles. The summed E-state index contributed by atoms with van der Waals surface area (Å²) in [6.07, 6.45) is 3.59. The molecule has 0 saturated carbocycles. The number of hydrogen-bond donors (Lipinski definition) is 0.